The minimum Gasteiger partial charge on any atom is -0.495 e. The number of halogens is 1. The molecule has 0 aliphatic rings. The first-order valence-electron chi connectivity index (χ1n) is 7.98. The van der Waals surface area contributed by atoms with Gasteiger partial charge in [-0.3, -0.25) is 4.79 Å². The van der Waals surface area contributed by atoms with E-state index in [1.165, 1.54) is 5.56 Å². The summed E-state index contributed by atoms with van der Waals surface area (Å²) in [7, 11) is 1.56. The molecule has 0 saturated heterocycles. The van der Waals surface area contributed by atoms with Crippen molar-refractivity contribution in [2.45, 2.75) is 20.3 Å². The Kier molecular flexibility index (Phi) is 6.50. The highest BCUT2D eigenvalue weighted by Crippen LogP contribution is 2.27. The van der Waals surface area contributed by atoms with Crippen LogP contribution in [0.3, 0.4) is 0 Å². The smallest absolute Gasteiger partial charge is 0.226 e. The molecule has 0 fully saturated rings. The molecule has 0 spiro atoms. The molecule has 1 N–H and O–H groups in total. The quantitative estimate of drug-likeness (QED) is 0.801. The molecule has 0 bridgehead atoms. The maximum Gasteiger partial charge on any atom is 0.226 e. The summed E-state index contributed by atoms with van der Waals surface area (Å²) >= 11 is 6.07. The Balaban J connectivity index is 1.93. The maximum atomic E-state index is 12.2. The lowest BCUT2D eigenvalue weighted by Gasteiger charge is -2.23. The summed E-state index contributed by atoms with van der Waals surface area (Å²) in [4.78, 5) is 14.4. The number of nitrogens with one attached hydrogen (secondary N) is 1. The second-order valence-electron chi connectivity index (χ2n) is 5.57. The van der Waals surface area contributed by atoms with Gasteiger partial charge >= 0.3 is 0 Å². The van der Waals surface area contributed by atoms with Crippen LogP contribution in [0.25, 0.3) is 0 Å². The molecule has 0 unspecified atom stereocenters. The number of ether oxygens (including phenoxy) is 1. The van der Waals surface area contributed by atoms with Crippen molar-refractivity contribution in [3.63, 3.8) is 0 Å². The van der Waals surface area contributed by atoms with E-state index in [1.54, 1.807) is 25.3 Å². The van der Waals surface area contributed by atoms with Crippen molar-refractivity contribution in [1.29, 1.82) is 0 Å². The minimum absolute atomic E-state index is 0.0395. The second kappa shape index (κ2) is 8.60. The summed E-state index contributed by atoms with van der Waals surface area (Å²) in [6.45, 7) is 5.67. The van der Waals surface area contributed by atoms with Gasteiger partial charge in [-0.15, -0.1) is 0 Å². The number of rotatable bonds is 7. The Bertz CT molecular complexity index is 704. The van der Waals surface area contributed by atoms with Gasteiger partial charge in [0.15, 0.2) is 0 Å². The average molecular weight is 347 g/mol. The number of nitrogens with zero attached hydrogens (tertiary/aromatic N) is 1. The number of carbonyl (C=O) groups is 1. The highest BCUT2D eigenvalue weighted by Gasteiger charge is 2.09. The molecule has 0 aromatic heterocycles. The largest absolute Gasteiger partial charge is 0.495 e. The van der Waals surface area contributed by atoms with Crippen molar-refractivity contribution in [2.24, 2.45) is 0 Å². The standard InChI is InChI=1S/C19H23ClN2O2/c1-4-22(16-7-5-6-14(2)12-16)11-10-19(23)21-15-8-9-18(24-3)17(20)13-15/h5-9,12-13H,4,10-11H2,1-3H3,(H,21,23). The molecule has 5 heteroatoms. The van der Waals surface area contributed by atoms with Crippen molar-refractivity contribution in [3.05, 3.63) is 53.1 Å². The summed E-state index contributed by atoms with van der Waals surface area (Å²) in [5, 5.41) is 3.35. The van der Waals surface area contributed by atoms with Gasteiger partial charge in [0.05, 0.1) is 12.1 Å². The molecular weight excluding hydrogens is 324 g/mol. The van der Waals surface area contributed by atoms with E-state index in [9.17, 15) is 4.79 Å². The zero-order valence-electron chi connectivity index (χ0n) is 14.3. The molecule has 0 heterocycles. The van der Waals surface area contributed by atoms with Gasteiger partial charge in [-0.05, 0) is 49.7 Å². The predicted octanol–water partition coefficient (Wildman–Crippen LogP) is 4.51. The van der Waals surface area contributed by atoms with E-state index < -0.39 is 0 Å². The maximum absolute atomic E-state index is 12.2. The lowest BCUT2D eigenvalue weighted by molar-refractivity contribution is -0.116. The lowest BCUT2D eigenvalue weighted by atomic mass is 10.2. The lowest BCUT2D eigenvalue weighted by Crippen LogP contribution is -2.27. The van der Waals surface area contributed by atoms with E-state index in [1.807, 2.05) is 6.07 Å². The van der Waals surface area contributed by atoms with E-state index in [0.29, 0.717) is 29.4 Å². The highest BCUT2D eigenvalue weighted by atomic mass is 35.5. The van der Waals surface area contributed by atoms with Crippen LogP contribution in [0.2, 0.25) is 5.02 Å². The van der Waals surface area contributed by atoms with E-state index in [-0.39, 0.29) is 5.91 Å². The van der Waals surface area contributed by atoms with Crippen LogP contribution < -0.4 is 15.0 Å². The summed E-state index contributed by atoms with van der Waals surface area (Å²) in [5.41, 5.74) is 3.02. The summed E-state index contributed by atoms with van der Waals surface area (Å²) in [6.07, 6.45) is 0.408. The van der Waals surface area contributed by atoms with Gasteiger partial charge in [0.2, 0.25) is 5.91 Å². The third kappa shape index (κ3) is 4.90. The Morgan fingerprint density at radius 2 is 2.04 bits per heavy atom. The molecule has 2 aromatic carbocycles. The van der Waals surface area contributed by atoms with Crippen LogP contribution >= 0.6 is 11.6 Å². The van der Waals surface area contributed by atoms with Gasteiger partial charge in [0.1, 0.15) is 5.75 Å². The van der Waals surface area contributed by atoms with E-state index in [0.717, 1.165) is 12.2 Å². The second-order valence-corrected chi connectivity index (χ2v) is 5.97. The van der Waals surface area contributed by atoms with Crippen molar-refractivity contribution in [2.75, 3.05) is 30.4 Å². The van der Waals surface area contributed by atoms with Gasteiger partial charge in [-0.25, -0.2) is 0 Å². The van der Waals surface area contributed by atoms with Crippen molar-refractivity contribution in [3.8, 4) is 5.75 Å². The van der Waals surface area contributed by atoms with E-state index in [4.69, 9.17) is 16.3 Å². The molecule has 0 aliphatic carbocycles. The molecule has 2 aromatic rings. The fourth-order valence-electron chi connectivity index (χ4n) is 2.50. The van der Waals surface area contributed by atoms with Gasteiger partial charge in [-0.1, -0.05) is 23.7 Å². The fraction of sp³-hybridized carbons (Fsp3) is 0.316. The first kappa shape index (κ1) is 18.1. The highest BCUT2D eigenvalue weighted by molar-refractivity contribution is 6.32. The molecule has 0 radical (unpaired) electrons. The number of carbonyl (C=O) groups excluding carboxylic acids is 1. The van der Waals surface area contributed by atoms with Crippen molar-refractivity contribution >= 4 is 28.9 Å². The Labute approximate surface area is 148 Å². The van der Waals surface area contributed by atoms with Crippen LogP contribution in [0.1, 0.15) is 18.9 Å². The Hall–Kier alpha value is -2.20. The van der Waals surface area contributed by atoms with Crippen LogP contribution in [0.4, 0.5) is 11.4 Å². The molecule has 0 saturated carbocycles. The van der Waals surface area contributed by atoms with Crippen molar-refractivity contribution < 1.29 is 9.53 Å². The van der Waals surface area contributed by atoms with E-state index in [2.05, 4.69) is 42.3 Å². The number of benzene rings is 2. The van der Waals surface area contributed by atoms with Crippen LogP contribution in [0, 0.1) is 6.92 Å². The average Bonchev–Trinajstić information content (AvgIpc) is 2.55. The monoisotopic (exact) mass is 346 g/mol. The zero-order chi connectivity index (χ0) is 17.5. The molecule has 1 amide bonds. The number of amides is 1. The molecule has 2 rings (SSSR count). The first-order valence-corrected chi connectivity index (χ1v) is 8.36. The summed E-state index contributed by atoms with van der Waals surface area (Å²) < 4.78 is 5.11. The normalized spacial score (nSPS) is 10.3. The summed E-state index contributed by atoms with van der Waals surface area (Å²) in [5.74, 6) is 0.550. The number of aryl methyl sites for hydroxylation is 1. The van der Waals surface area contributed by atoms with Crippen LogP contribution in [0.5, 0.6) is 5.75 Å². The van der Waals surface area contributed by atoms with Gasteiger partial charge in [-0.2, -0.15) is 0 Å². The first-order chi connectivity index (χ1) is 11.5. The molecule has 0 atom stereocenters. The van der Waals surface area contributed by atoms with Crippen LogP contribution in [-0.4, -0.2) is 26.1 Å². The van der Waals surface area contributed by atoms with Gasteiger partial charge < -0.3 is 15.0 Å². The zero-order valence-corrected chi connectivity index (χ0v) is 15.1. The molecule has 24 heavy (non-hydrogen) atoms. The van der Waals surface area contributed by atoms with Gasteiger partial charge in [0, 0.05) is 30.9 Å². The predicted molar refractivity (Wildman–Crippen MR) is 100 cm³/mol. The number of anilines is 2. The molecule has 0 aliphatic heterocycles. The molecular formula is C19H23ClN2O2. The molecule has 128 valence electrons. The Morgan fingerprint density at radius 3 is 2.67 bits per heavy atom. The SMILES string of the molecule is CCN(CCC(=O)Nc1ccc(OC)c(Cl)c1)c1cccc(C)c1. The fourth-order valence-corrected chi connectivity index (χ4v) is 2.76. The Morgan fingerprint density at radius 1 is 1.25 bits per heavy atom. The number of methoxy groups -OCH3 is 1. The van der Waals surface area contributed by atoms with E-state index >= 15 is 0 Å². The number of hydrogen-bond donors (Lipinski definition) is 1. The van der Waals surface area contributed by atoms with Gasteiger partial charge in [0.25, 0.3) is 0 Å². The third-order valence-corrected chi connectivity index (χ3v) is 4.09. The van der Waals surface area contributed by atoms with Crippen LogP contribution in [-0.2, 0) is 4.79 Å². The van der Waals surface area contributed by atoms with Crippen molar-refractivity contribution in [1.82, 2.24) is 0 Å². The molecule has 4 nitrogen and oxygen atoms in total. The summed E-state index contributed by atoms with van der Waals surface area (Å²) in [6, 6.07) is 13.5. The number of hydrogen-bond acceptors (Lipinski definition) is 3. The van der Waals surface area contributed by atoms with Crippen LogP contribution in [0.15, 0.2) is 42.5 Å². The topological polar surface area (TPSA) is 41.6 Å². The minimum atomic E-state index is -0.0395. The third-order valence-electron chi connectivity index (χ3n) is 3.79.